The molecular formula is C29H30N2O2. The number of fused-ring (bicyclic) bond motifs is 2. The van der Waals surface area contributed by atoms with E-state index in [0.717, 1.165) is 44.2 Å². The molecule has 4 nitrogen and oxygen atoms in total. The lowest BCUT2D eigenvalue weighted by Gasteiger charge is -2.24. The first-order valence-electron chi connectivity index (χ1n) is 12.0. The van der Waals surface area contributed by atoms with E-state index in [1.807, 2.05) is 18.2 Å². The first kappa shape index (κ1) is 21.4. The Morgan fingerprint density at radius 2 is 1.33 bits per heavy atom. The predicted molar refractivity (Wildman–Crippen MR) is 131 cm³/mol. The van der Waals surface area contributed by atoms with Crippen molar-refractivity contribution in [3.63, 3.8) is 0 Å². The molecule has 0 bridgehead atoms. The Hall–Kier alpha value is -3.40. The lowest BCUT2D eigenvalue weighted by atomic mass is 9.83. The van der Waals surface area contributed by atoms with Crippen molar-refractivity contribution in [3.8, 4) is 0 Å². The van der Waals surface area contributed by atoms with Gasteiger partial charge in [-0.3, -0.25) is 9.59 Å². The largest absolute Gasteiger partial charge is 0.352 e. The van der Waals surface area contributed by atoms with E-state index in [9.17, 15) is 9.59 Å². The second kappa shape index (κ2) is 9.62. The van der Waals surface area contributed by atoms with E-state index in [1.54, 1.807) is 12.1 Å². The Balaban J connectivity index is 1.12. The molecular weight excluding hydrogens is 408 g/mol. The van der Waals surface area contributed by atoms with Crippen LogP contribution in [0.5, 0.6) is 0 Å². The van der Waals surface area contributed by atoms with Crippen LogP contribution in [0.1, 0.15) is 45.5 Å². The van der Waals surface area contributed by atoms with Gasteiger partial charge in [-0.15, -0.1) is 0 Å². The van der Waals surface area contributed by atoms with Crippen LogP contribution in [0, 0.1) is 11.8 Å². The van der Waals surface area contributed by atoms with Gasteiger partial charge in [0.2, 0.25) is 5.91 Å². The second-order valence-electron chi connectivity index (χ2n) is 9.36. The molecule has 168 valence electrons. The highest BCUT2D eigenvalue weighted by atomic mass is 16.2. The number of nitrogens with one attached hydrogen (secondary N) is 2. The van der Waals surface area contributed by atoms with Gasteiger partial charge in [-0.1, -0.05) is 48.5 Å². The van der Waals surface area contributed by atoms with Gasteiger partial charge in [0, 0.05) is 23.7 Å². The zero-order chi connectivity index (χ0) is 22.6. The minimum Gasteiger partial charge on any atom is -0.352 e. The molecule has 2 aliphatic carbocycles. The van der Waals surface area contributed by atoms with Crippen molar-refractivity contribution in [1.29, 1.82) is 0 Å². The van der Waals surface area contributed by atoms with Crippen LogP contribution in [-0.4, -0.2) is 18.4 Å². The first-order valence-corrected chi connectivity index (χ1v) is 12.0. The normalized spacial score (nSPS) is 19.2. The van der Waals surface area contributed by atoms with E-state index in [1.165, 1.54) is 22.3 Å². The molecule has 2 unspecified atom stereocenters. The zero-order valence-corrected chi connectivity index (χ0v) is 18.8. The molecule has 0 heterocycles. The van der Waals surface area contributed by atoms with Crippen molar-refractivity contribution in [1.82, 2.24) is 5.32 Å². The van der Waals surface area contributed by atoms with Crippen molar-refractivity contribution in [3.05, 3.63) is 101 Å². The van der Waals surface area contributed by atoms with Gasteiger partial charge in [-0.2, -0.15) is 0 Å². The molecule has 0 radical (unpaired) electrons. The molecule has 5 rings (SSSR count). The number of benzene rings is 3. The average Bonchev–Trinajstić information content (AvgIpc) is 2.87. The molecule has 0 aromatic heterocycles. The molecule has 0 fully saturated rings. The van der Waals surface area contributed by atoms with Gasteiger partial charge in [0.1, 0.15) is 0 Å². The molecule has 2 aliphatic rings. The number of carbonyl (C=O) groups is 2. The summed E-state index contributed by atoms with van der Waals surface area (Å²) in [5.74, 6) is 0.460. The fourth-order valence-corrected chi connectivity index (χ4v) is 5.16. The standard InChI is InChI=1S/C29H30N2O2/c32-28(30-19-20-9-10-21-5-1-3-7-24(21)17-20)23-13-15-27(16-14-23)31-29(33)26-12-11-22-6-2-4-8-25(22)18-26/h1-8,13-16,20,26H,9-12,17-19H2,(H,30,32)(H,31,33). The van der Waals surface area contributed by atoms with Crippen molar-refractivity contribution >= 4 is 17.5 Å². The number of aryl methyl sites for hydroxylation is 2. The summed E-state index contributed by atoms with van der Waals surface area (Å²) in [4.78, 5) is 25.4. The van der Waals surface area contributed by atoms with Crippen molar-refractivity contribution in [2.24, 2.45) is 11.8 Å². The van der Waals surface area contributed by atoms with Crippen LogP contribution < -0.4 is 10.6 Å². The maximum Gasteiger partial charge on any atom is 0.251 e. The summed E-state index contributed by atoms with van der Waals surface area (Å²) >= 11 is 0. The van der Waals surface area contributed by atoms with Crippen molar-refractivity contribution in [2.75, 3.05) is 11.9 Å². The van der Waals surface area contributed by atoms with E-state index in [2.05, 4.69) is 53.1 Å². The SMILES string of the molecule is O=C(NCC1CCc2ccccc2C1)c1ccc(NC(=O)C2CCc3ccccc3C2)cc1. The average molecular weight is 439 g/mol. The number of hydrogen-bond acceptors (Lipinski definition) is 2. The minimum atomic E-state index is -0.0596. The lowest BCUT2D eigenvalue weighted by Crippen LogP contribution is -2.32. The predicted octanol–water partition coefficient (Wildman–Crippen LogP) is 4.97. The Kier molecular flexibility index (Phi) is 6.25. The Labute approximate surface area is 195 Å². The van der Waals surface area contributed by atoms with Gasteiger partial charge in [-0.25, -0.2) is 0 Å². The van der Waals surface area contributed by atoms with Crippen LogP contribution in [-0.2, 0) is 30.5 Å². The fourth-order valence-electron chi connectivity index (χ4n) is 5.16. The molecule has 2 N–H and O–H groups in total. The molecule has 2 atom stereocenters. The maximum atomic E-state index is 12.8. The summed E-state index contributed by atoms with van der Waals surface area (Å²) in [6.07, 6.45) is 5.81. The number of amides is 2. The van der Waals surface area contributed by atoms with Crippen molar-refractivity contribution < 1.29 is 9.59 Å². The monoisotopic (exact) mass is 438 g/mol. The highest BCUT2D eigenvalue weighted by Gasteiger charge is 2.24. The van der Waals surface area contributed by atoms with Gasteiger partial charge in [0.15, 0.2) is 0 Å². The topological polar surface area (TPSA) is 58.2 Å². The second-order valence-corrected chi connectivity index (χ2v) is 9.36. The molecule has 0 saturated carbocycles. The van der Waals surface area contributed by atoms with Gasteiger partial charge in [0.25, 0.3) is 5.91 Å². The Morgan fingerprint density at radius 3 is 2.03 bits per heavy atom. The highest BCUT2D eigenvalue weighted by Crippen LogP contribution is 2.27. The number of anilines is 1. The summed E-state index contributed by atoms with van der Waals surface area (Å²) in [5.41, 5.74) is 6.83. The lowest BCUT2D eigenvalue weighted by molar-refractivity contribution is -0.120. The van der Waals surface area contributed by atoms with Crippen LogP contribution in [0.25, 0.3) is 0 Å². The van der Waals surface area contributed by atoms with Gasteiger partial charge < -0.3 is 10.6 Å². The summed E-state index contributed by atoms with van der Waals surface area (Å²) in [6.45, 7) is 0.689. The first-order chi connectivity index (χ1) is 16.2. The van der Waals surface area contributed by atoms with Gasteiger partial charge in [0.05, 0.1) is 0 Å². The van der Waals surface area contributed by atoms with Gasteiger partial charge >= 0.3 is 0 Å². The van der Waals surface area contributed by atoms with E-state index >= 15 is 0 Å². The summed E-state index contributed by atoms with van der Waals surface area (Å²) in [5, 5.41) is 6.13. The number of rotatable bonds is 5. The zero-order valence-electron chi connectivity index (χ0n) is 18.8. The Bertz CT molecular complexity index is 1150. The molecule has 0 saturated heterocycles. The third kappa shape index (κ3) is 5.00. The van der Waals surface area contributed by atoms with E-state index in [-0.39, 0.29) is 17.7 Å². The summed E-state index contributed by atoms with van der Waals surface area (Å²) < 4.78 is 0. The van der Waals surface area contributed by atoms with Crippen LogP contribution in [0.3, 0.4) is 0 Å². The van der Waals surface area contributed by atoms with E-state index in [0.29, 0.717) is 18.0 Å². The fraction of sp³-hybridized carbons (Fsp3) is 0.310. The molecule has 2 amide bonds. The summed E-state index contributed by atoms with van der Waals surface area (Å²) in [7, 11) is 0. The Morgan fingerprint density at radius 1 is 0.727 bits per heavy atom. The third-order valence-corrected chi connectivity index (χ3v) is 7.13. The minimum absolute atomic E-state index is 0.0106. The van der Waals surface area contributed by atoms with E-state index < -0.39 is 0 Å². The summed E-state index contributed by atoms with van der Waals surface area (Å²) in [6, 6.07) is 24.2. The van der Waals surface area contributed by atoms with Crippen LogP contribution >= 0.6 is 0 Å². The molecule has 0 aliphatic heterocycles. The molecule has 4 heteroatoms. The van der Waals surface area contributed by atoms with Crippen LogP contribution in [0.4, 0.5) is 5.69 Å². The molecule has 0 spiro atoms. The van der Waals surface area contributed by atoms with E-state index in [4.69, 9.17) is 0 Å². The number of carbonyl (C=O) groups excluding carboxylic acids is 2. The maximum absolute atomic E-state index is 12.8. The van der Waals surface area contributed by atoms with Crippen LogP contribution in [0.2, 0.25) is 0 Å². The molecule has 33 heavy (non-hydrogen) atoms. The van der Waals surface area contributed by atoms with Crippen molar-refractivity contribution in [2.45, 2.75) is 38.5 Å². The third-order valence-electron chi connectivity index (χ3n) is 7.13. The quantitative estimate of drug-likeness (QED) is 0.591. The highest BCUT2D eigenvalue weighted by molar-refractivity contribution is 5.96. The molecule has 3 aromatic carbocycles. The number of hydrogen-bond donors (Lipinski definition) is 2. The smallest absolute Gasteiger partial charge is 0.251 e. The molecule has 3 aromatic rings. The van der Waals surface area contributed by atoms with Gasteiger partial charge in [-0.05, 0) is 91.0 Å². The van der Waals surface area contributed by atoms with Crippen LogP contribution in [0.15, 0.2) is 72.8 Å².